The Morgan fingerprint density at radius 1 is 1.35 bits per heavy atom. The monoisotopic (exact) mass is 274 g/mol. The highest BCUT2D eigenvalue weighted by Gasteiger charge is 2.31. The lowest BCUT2D eigenvalue weighted by Crippen LogP contribution is -2.49. The Morgan fingerprint density at radius 2 is 2.05 bits per heavy atom. The smallest absolute Gasteiger partial charge is 0.227 e. The van der Waals surface area contributed by atoms with Crippen LogP contribution < -0.4 is 5.32 Å². The molecule has 1 saturated heterocycles. The van der Waals surface area contributed by atoms with Gasteiger partial charge in [0, 0.05) is 18.6 Å². The van der Waals surface area contributed by atoms with E-state index < -0.39 is 0 Å². The predicted molar refractivity (Wildman–Crippen MR) is 82.3 cm³/mol. The first kappa shape index (κ1) is 15.0. The molecule has 0 aromatic heterocycles. The van der Waals surface area contributed by atoms with Crippen molar-refractivity contribution < 1.29 is 4.79 Å². The van der Waals surface area contributed by atoms with Gasteiger partial charge in [-0.15, -0.1) is 0 Å². The molecule has 1 aliphatic rings. The van der Waals surface area contributed by atoms with Gasteiger partial charge < -0.3 is 10.2 Å². The second kappa shape index (κ2) is 6.89. The van der Waals surface area contributed by atoms with E-state index in [1.165, 1.54) is 5.56 Å². The molecule has 0 bridgehead atoms. The standard InChI is InChI=1S/C17H26N2O/c1-13(2)19(12-15-8-5-4-6-9-15)17(20)16-10-7-11-18-14(16)3/h4-6,8-9,13-14,16,18H,7,10-12H2,1-3H3. The Labute approximate surface area is 122 Å². The molecule has 2 atom stereocenters. The summed E-state index contributed by atoms with van der Waals surface area (Å²) >= 11 is 0. The molecule has 0 spiro atoms. The Balaban J connectivity index is 2.09. The molecule has 3 heteroatoms. The highest BCUT2D eigenvalue weighted by molar-refractivity contribution is 5.80. The number of benzene rings is 1. The zero-order valence-corrected chi connectivity index (χ0v) is 12.8. The van der Waals surface area contributed by atoms with Crippen LogP contribution >= 0.6 is 0 Å². The molecule has 1 aliphatic heterocycles. The van der Waals surface area contributed by atoms with Gasteiger partial charge in [-0.1, -0.05) is 30.3 Å². The number of hydrogen-bond acceptors (Lipinski definition) is 2. The fourth-order valence-electron chi connectivity index (χ4n) is 2.89. The van der Waals surface area contributed by atoms with Gasteiger partial charge in [0.15, 0.2) is 0 Å². The first-order chi connectivity index (χ1) is 9.59. The number of carbonyl (C=O) groups excluding carboxylic acids is 1. The summed E-state index contributed by atoms with van der Waals surface area (Å²) in [5.74, 6) is 0.415. The van der Waals surface area contributed by atoms with Crippen molar-refractivity contribution >= 4 is 5.91 Å². The number of nitrogens with zero attached hydrogens (tertiary/aromatic N) is 1. The van der Waals surface area contributed by atoms with E-state index in [1.807, 2.05) is 23.1 Å². The summed E-state index contributed by atoms with van der Waals surface area (Å²) < 4.78 is 0. The second-order valence-corrected chi connectivity index (χ2v) is 6.04. The Morgan fingerprint density at radius 3 is 2.65 bits per heavy atom. The second-order valence-electron chi connectivity index (χ2n) is 6.04. The van der Waals surface area contributed by atoms with E-state index in [0.29, 0.717) is 12.5 Å². The van der Waals surface area contributed by atoms with Gasteiger partial charge in [0.05, 0.1) is 5.92 Å². The van der Waals surface area contributed by atoms with Crippen molar-refractivity contribution in [1.29, 1.82) is 0 Å². The molecule has 20 heavy (non-hydrogen) atoms. The molecule has 0 radical (unpaired) electrons. The van der Waals surface area contributed by atoms with Crippen molar-refractivity contribution in [2.45, 2.75) is 52.2 Å². The zero-order valence-electron chi connectivity index (χ0n) is 12.8. The largest absolute Gasteiger partial charge is 0.336 e. The molecule has 2 rings (SSSR count). The SMILES string of the molecule is CC1NCCCC1C(=O)N(Cc1ccccc1)C(C)C. The maximum absolute atomic E-state index is 12.8. The van der Waals surface area contributed by atoms with Crippen molar-refractivity contribution in [3.63, 3.8) is 0 Å². The van der Waals surface area contributed by atoms with E-state index in [4.69, 9.17) is 0 Å². The van der Waals surface area contributed by atoms with Crippen LogP contribution in [0.1, 0.15) is 39.2 Å². The van der Waals surface area contributed by atoms with Crippen LogP contribution in [0.15, 0.2) is 30.3 Å². The topological polar surface area (TPSA) is 32.3 Å². The first-order valence-electron chi connectivity index (χ1n) is 7.67. The molecule has 0 saturated carbocycles. The molecule has 1 fully saturated rings. The molecule has 1 aromatic carbocycles. The van der Waals surface area contributed by atoms with Crippen LogP contribution in [0.3, 0.4) is 0 Å². The fraction of sp³-hybridized carbons (Fsp3) is 0.588. The van der Waals surface area contributed by atoms with E-state index in [2.05, 4.69) is 38.2 Å². The fourth-order valence-corrected chi connectivity index (χ4v) is 2.89. The van der Waals surface area contributed by atoms with Crippen LogP contribution in [0.25, 0.3) is 0 Å². The molecule has 1 heterocycles. The van der Waals surface area contributed by atoms with Crippen LogP contribution in [0.2, 0.25) is 0 Å². The number of rotatable bonds is 4. The van der Waals surface area contributed by atoms with E-state index in [9.17, 15) is 4.79 Å². The van der Waals surface area contributed by atoms with Gasteiger partial charge in [0.2, 0.25) is 5.91 Å². The molecule has 0 aliphatic carbocycles. The summed E-state index contributed by atoms with van der Waals surface area (Å²) in [5, 5.41) is 3.42. The van der Waals surface area contributed by atoms with Gasteiger partial charge in [0.25, 0.3) is 0 Å². The van der Waals surface area contributed by atoms with Gasteiger partial charge in [-0.05, 0) is 45.7 Å². The molecule has 1 aromatic rings. The van der Waals surface area contributed by atoms with Crippen molar-refractivity contribution in [1.82, 2.24) is 10.2 Å². The third-order valence-electron chi connectivity index (χ3n) is 4.18. The quantitative estimate of drug-likeness (QED) is 0.915. The summed E-state index contributed by atoms with van der Waals surface area (Å²) in [6.45, 7) is 8.07. The average Bonchev–Trinajstić information content (AvgIpc) is 2.45. The van der Waals surface area contributed by atoms with Crippen LogP contribution in [-0.2, 0) is 11.3 Å². The highest BCUT2D eigenvalue weighted by Crippen LogP contribution is 2.21. The lowest BCUT2D eigenvalue weighted by atomic mass is 9.90. The number of carbonyl (C=O) groups is 1. The van der Waals surface area contributed by atoms with Crippen LogP contribution in [0, 0.1) is 5.92 Å². The van der Waals surface area contributed by atoms with Crippen molar-refractivity contribution in [3.05, 3.63) is 35.9 Å². The molecular formula is C17H26N2O. The normalized spacial score (nSPS) is 22.8. The van der Waals surface area contributed by atoms with Crippen molar-refractivity contribution in [2.24, 2.45) is 5.92 Å². The molecule has 1 amide bonds. The van der Waals surface area contributed by atoms with Gasteiger partial charge in [0.1, 0.15) is 0 Å². The lowest BCUT2D eigenvalue weighted by molar-refractivity contribution is -0.139. The van der Waals surface area contributed by atoms with E-state index in [1.54, 1.807) is 0 Å². The Hall–Kier alpha value is -1.35. The Kier molecular flexibility index (Phi) is 5.18. The zero-order chi connectivity index (χ0) is 14.5. The lowest BCUT2D eigenvalue weighted by Gasteiger charge is -2.35. The molecule has 3 nitrogen and oxygen atoms in total. The van der Waals surface area contributed by atoms with Crippen molar-refractivity contribution in [2.75, 3.05) is 6.54 Å². The maximum atomic E-state index is 12.8. The summed E-state index contributed by atoms with van der Waals surface area (Å²) in [6, 6.07) is 10.8. The molecule has 1 N–H and O–H groups in total. The first-order valence-corrected chi connectivity index (χ1v) is 7.67. The summed E-state index contributed by atoms with van der Waals surface area (Å²) in [6.07, 6.45) is 2.10. The van der Waals surface area contributed by atoms with Crippen LogP contribution in [0.4, 0.5) is 0 Å². The number of nitrogens with one attached hydrogen (secondary N) is 1. The van der Waals surface area contributed by atoms with E-state index >= 15 is 0 Å². The minimum absolute atomic E-state index is 0.120. The van der Waals surface area contributed by atoms with Gasteiger partial charge in [-0.25, -0.2) is 0 Å². The van der Waals surface area contributed by atoms with E-state index in [0.717, 1.165) is 19.4 Å². The van der Waals surface area contributed by atoms with Gasteiger partial charge >= 0.3 is 0 Å². The van der Waals surface area contributed by atoms with Gasteiger partial charge in [-0.3, -0.25) is 4.79 Å². The van der Waals surface area contributed by atoms with Crippen LogP contribution in [-0.4, -0.2) is 29.4 Å². The molecular weight excluding hydrogens is 248 g/mol. The predicted octanol–water partition coefficient (Wildman–Crippen LogP) is 2.81. The maximum Gasteiger partial charge on any atom is 0.227 e. The highest BCUT2D eigenvalue weighted by atomic mass is 16.2. The summed E-state index contributed by atoms with van der Waals surface area (Å²) in [7, 11) is 0. The summed E-state index contributed by atoms with van der Waals surface area (Å²) in [4.78, 5) is 14.9. The summed E-state index contributed by atoms with van der Waals surface area (Å²) in [5.41, 5.74) is 1.20. The number of piperidine rings is 1. The third kappa shape index (κ3) is 3.60. The van der Waals surface area contributed by atoms with Crippen LogP contribution in [0.5, 0.6) is 0 Å². The molecule has 2 unspecified atom stereocenters. The molecule has 110 valence electrons. The minimum Gasteiger partial charge on any atom is -0.336 e. The number of hydrogen-bond donors (Lipinski definition) is 1. The Bertz CT molecular complexity index is 430. The third-order valence-corrected chi connectivity index (χ3v) is 4.18. The average molecular weight is 274 g/mol. The van der Waals surface area contributed by atoms with E-state index in [-0.39, 0.29) is 18.0 Å². The number of amides is 1. The van der Waals surface area contributed by atoms with Gasteiger partial charge in [-0.2, -0.15) is 0 Å². The minimum atomic E-state index is 0.120. The van der Waals surface area contributed by atoms with Crippen molar-refractivity contribution in [3.8, 4) is 0 Å².